The van der Waals surface area contributed by atoms with Crippen LogP contribution in [0.25, 0.3) is 0 Å². The second kappa shape index (κ2) is 11.0. The Labute approximate surface area is 197 Å². The molecule has 3 N–H and O–H groups in total. The van der Waals surface area contributed by atoms with Gasteiger partial charge in [-0.3, -0.25) is 14.5 Å². The van der Waals surface area contributed by atoms with Gasteiger partial charge in [-0.25, -0.2) is 9.67 Å². The predicted molar refractivity (Wildman–Crippen MR) is 126 cm³/mol. The molecule has 1 atom stereocenters. The van der Waals surface area contributed by atoms with Crippen LogP contribution in [-0.4, -0.2) is 49.1 Å². The van der Waals surface area contributed by atoms with E-state index in [2.05, 4.69) is 34.1 Å². The Morgan fingerprint density at radius 1 is 1.38 bits per heavy atom. The first-order chi connectivity index (χ1) is 15.2. The third-order valence-corrected chi connectivity index (χ3v) is 5.99. The van der Waals surface area contributed by atoms with Gasteiger partial charge in [-0.1, -0.05) is 25.4 Å². The number of halogens is 1. The lowest BCUT2D eigenvalue weighted by molar-refractivity contribution is -0.122. The number of primary amides is 1. The van der Waals surface area contributed by atoms with Crippen molar-refractivity contribution in [3.63, 3.8) is 0 Å². The highest BCUT2D eigenvalue weighted by Crippen LogP contribution is 2.20. The highest BCUT2D eigenvalue weighted by Gasteiger charge is 2.27. The van der Waals surface area contributed by atoms with E-state index in [-0.39, 0.29) is 24.2 Å². The third-order valence-electron chi connectivity index (χ3n) is 5.33. The fraction of sp³-hybridized carbons (Fsp3) is 0.571. The standard InChI is InChI=1S/C21H30ClN7O2S/c1-14(2)11-28-19(8-6-17(23)30)26-29(21(28)32)13-27-9-3-4-15(12-27)20(31)25-18-7-5-16(22)10-24-18/h5,7,10,14-15H,3-4,6,8-9,11-13H2,1-2H3,(H2,23,30)(H,24,25,31). The van der Waals surface area contributed by atoms with Crippen LogP contribution in [0.2, 0.25) is 5.02 Å². The maximum absolute atomic E-state index is 12.7. The first-order valence-electron chi connectivity index (χ1n) is 10.8. The van der Waals surface area contributed by atoms with Crippen molar-refractivity contribution >= 4 is 41.5 Å². The van der Waals surface area contributed by atoms with Crippen molar-refractivity contribution in [3.05, 3.63) is 33.9 Å². The number of nitrogens with one attached hydrogen (secondary N) is 1. The van der Waals surface area contributed by atoms with Gasteiger partial charge in [0.2, 0.25) is 11.8 Å². The first kappa shape index (κ1) is 24.3. The number of pyridine rings is 1. The van der Waals surface area contributed by atoms with Crippen LogP contribution < -0.4 is 11.1 Å². The minimum atomic E-state index is -0.360. The molecule has 0 radical (unpaired) electrons. The van der Waals surface area contributed by atoms with E-state index in [1.54, 1.807) is 16.8 Å². The van der Waals surface area contributed by atoms with Gasteiger partial charge in [-0.05, 0) is 49.7 Å². The van der Waals surface area contributed by atoms with Gasteiger partial charge in [0.25, 0.3) is 0 Å². The summed E-state index contributed by atoms with van der Waals surface area (Å²) >= 11 is 11.5. The minimum absolute atomic E-state index is 0.0550. The maximum Gasteiger partial charge on any atom is 0.229 e. The third kappa shape index (κ3) is 6.60. The second-order valence-corrected chi connectivity index (χ2v) is 9.38. The number of hydrogen-bond acceptors (Lipinski definition) is 6. The van der Waals surface area contributed by atoms with Crippen LogP contribution in [0, 0.1) is 16.6 Å². The quantitative estimate of drug-likeness (QED) is 0.535. The summed E-state index contributed by atoms with van der Waals surface area (Å²) in [4.78, 5) is 30.3. The van der Waals surface area contributed by atoms with Gasteiger partial charge in [0, 0.05) is 32.1 Å². The smallest absolute Gasteiger partial charge is 0.229 e. The number of likely N-dealkylation sites (tertiary alicyclic amines) is 1. The highest BCUT2D eigenvalue weighted by atomic mass is 35.5. The zero-order chi connectivity index (χ0) is 23.3. The molecule has 0 spiro atoms. The molecule has 32 heavy (non-hydrogen) atoms. The summed E-state index contributed by atoms with van der Waals surface area (Å²) in [6.45, 7) is 6.91. The lowest BCUT2D eigenvalue weighted by atomic mass is 9.97. The number of anilines is 1. The molecule has 0 bridgehead atoms. The first-order valence-corrected chi connectivity index (χ1v) is 11.6. The zero-order valence-electron chi connectivity index (χ0n) is 18.5. The molecular weight excluding hydrogens is 450 g/mol. The molecule has 1 aliphatic heterocycles. The van der Waals surface area contributed by atoms with Gasteiger partial charge in [0.05, 0.1) is 17.6 Å². The number of carbonyl (C=O) groups excluding carboxylic acids is 2. The Morgan fingerprint density at radius 3 is 2.81 bits per heavy atom. The van der Waals surface area contributed by atoms with E-state index in [1.165, 1.54) is 6.20 Å². The number of nitrogens with two attached hydrogens (primary N) is 1. The molecule has 11 heteroatoms. The van der Waals surface area contributed by atoms with Crippen LogP contribution in [0.1, 0.15) is 38.9 Å². The molecule has 2 aromatic heterocycles. The number of hydrogen-bond donors (Lipinski definition) is 2. The van der Waals surface area contributed by atoms with Crippen molar-refractivity contribution in [2.24, 2.45) is 17.6 Å². The molecule has 1 aliphatic rings. The molecular formula is C21H30ClN7O2S. The molecule has 3 heterocycles. The monoisotopic (exact) mass is 479 g/mol. The topological polar surface area (TPSA) is 111 Å². The lowest BCUT2D eigenvalue weighted by Crippen LogP contribution is -2.41. The number of aryl methyl sites for hydroxylation is 1. The minimum Gasteiger partial charge on any atom is -0.370 e. The Morgan fingerprint density at radius 2 is 2.16 bits per heavy atom. The zero-order valence-corrected chi connectivity index (χ0v) is 20.0. The predicted octanol–water partition coefficient (Wildman–Crippen LogP) is 2.84. The van der Waals surface area contributed by atoms with Crippen molar-refractivity contribution in [2.45, 2.75) is 52.7 Å². The largest absolute Gasteiger partial charge is 0.370 e. The molecule has 0 aliphatic carbocycles. The molecule has 3 rings (SSSR count). The molecule has 0 aromatic carbocycles. The van der Waals surface area contributed by atoms with Gasteiger partial charge >= 0.3 is 0 Å². The van der Waals surface area contributed by atoms with E-state index in [0.717, 1.165) is 31.8 Å². The van der Waals surface area contributed by atoms with Crippen molar-refractivity contribution in [1.82, 2.24) is 24.2 Å². The number of aromatic nitrogens is 4. The van der Waals surface area contributed by atoms with Crippen LogP contribution in [0.15, 0.2) is 18.3 Å². The lowest BCUT2D eigenvalue weighted by Gasteiger charge is -2.31. The fourth-order valence-corrected chi connectivity index (χ4v) is 4.20. The Hall–Kier alpha value is -2.30. The highest BCUT2D eigenvalue weighted by molar-refractivity contribution is 7.71. The van der Waals surface area contributed by atoms with Crippen molar-refractivity contribution < 1.29 is 9.59 Å². The van der Waals surface area contributed by atoms with Crippen molar-refractivity contribution in [2.75, 3.05) is 18.4 Å². The number of amides is 2. The van der Waals surface area contributed by atoms with Gasteiger partial charge in [0.15, 0.2) is 4.77 Å². The molecule has 174 valence electrons. The van der Waals surface area contributed by atoms with E-state index in [1.807, 2.05) is 4.57 Å². The number of piperidine rings is 1. The molecule has 2 amide bonds. The van der Waals surface area contributed by atoms with E-state index >= 15 is 0 Å². The maximum atomic E-state index is 12.7. The Balaban J connectivity index is 1.68. The number of rotatable bonds is 9. The van der Waals surface area contributed by atoms with E-state index < -0.39 is 0 Å². The molecule has 1 fully saturated rings. The van der Waals surface area contributed by atoms with Crippen LogP contribution in [0.5, 0.6) is 0 Å². The summed E-state index contributed by atoms with van der Waals surface area (Å²) in [5, 5.41) is 8.07. The summed E-state index contributed by atoms with van der Waals surface area (Å²) in [5.74, 6) is 1.08. The van der Waals surface area contributed by atoms with Crippen LogP contribution in [0.3, 0.4) is 0 Å². The average Bonchev–Trinajstić information content (AvgIpc) is 3.02. The van der Waals surface area contributed by atoms with Gasteiger partial charge in [-0.15, -0.1) is 0 Å². The van der Waals surface area contributed by atoms with Crippen LogP contribution >= 0.6 is 23.8 Å². The van der Waals surface area contributed by atoms with Gasteiger partial charge in [0.1, 0.15) is 11.6 Å². The van der Waals surface area contributed by atoms with Crippen molar-refractivity contribution in [1.29, 1.82) is 0 Å². The summed E-state index contributed by atoms with van der Waals surface area (Å²) in [6, 6.07) is 3.39. The SMILES string of the molecule is CC(C)Cn1c(CCC(N)=O)nn(CN2CCCC(C(=O)Nc3ccc(Cl)cn3)C2)c1=S. The summed E-state index contributed by atoms with van der Waals surface area (Å²) in [5.41, 5.74) is 5.33. The molecule has 0 saturated carbocycles. The average molecular weight is 480 g/mol. The molecule has 1 unspecified atom stereocenters. The molecule has 1 saturated heterocycles. The molecule has 2 aromatic rings. The van der Waals surface area contributed by atoms with Gasteiger partial charge in [-0.2, -0.15) is 5.10 Å². The summed E-state index contributed by atoms with van der Waals surface area (Å²) in [6.07, 6.45) is 3.91. The summed E-state index contributed by atoms with van der Waals surface area (Å²) < 4.78 is 4.40. The van der Waals surface area contributed by atoms with Gasteiger partial charge < -0.3 is 15.6 Å². The number of carbonyl (C=O) groups is 2. The van der Waals surface area contributed by atoms with E-state index in [9.17, 15) is 9.59 Å². The Bertz CT molecular complexity index is 1000. The van der Waals surface area contributed by atoms with Crippen LogP contribution in [0.4, 0.5) is 5.82 Å². The van der Waals surface area contributed by atoms with E-state index in [0.29, 0.717) is 41.2 Å². The fourth-order valence-electron chi connectivity index (χ4n) is 3.81. The normalized spacial score (nSPS) is 16.9. The van der Waals surface area contributed by atoms with E-state index in [4.69, 9.17) is 29.6 Å². The molecule has 9 nitrogen and oxygen atoms in total. The summed E-state index contributed by atoms with van der Waals surface area (Å²) in [7, 11) is 0. The second-order valence-electron chi connectivity index (χ2n) is 8.58. The van der Waals surface area contributed by atoms with Crippen molar-refractivity contribution in [3.8, 4) is 0 Å². The Kier molecular flexibility index (Phi) is 8.38. The van der Waals surface area contributed by atoms with Crippen LogP contribution in [-0.2, 0) is 29.2 Å². The number of nitrogens with zero attached hydrogens (tertiary/aromatic N) is 5.